The third-order valence-corrected chi connectivity index (χ3v) is 4.88. The molecule has 1 fully saturated rings. The summed E-state index contributed by atoms with van der Waals surface area (Å²) < 4.78 is 7.19. The molecule has 9 heteroatoms. The number of hydrogen-bond donors (Lipinski definition) is 4. The third kappa shape index (κ3) is 3.27. The molecule has 2 aromatic heterocycles. The van der Waals surface area contributed by atoms with E-state index >= 15 is 0 Å². The van der Waals surface area contributed by atoms with Crippen molar-refractivity contribution in [3.05, 3.63) is 18.1 Å². The molecular formula is C16H22N4O4Si. The van der Waals surface area contributed by atoms with Gasteiger partial charge < -0.3 is 30.4 Å². The van der Waals surface area contributed by atoms with Crippen molar-refractivity contribution in [3.8, 4) is 11.5 Å². The van der Waals surface area contributed by atoms with Crippen LogP contribution in [0.15, 0.2) is 12.5 Å². The van der Waals surface area contributed by atoms with Crippen molar-refractivity contribution in [2.24, 2.45) is 0 Å². The number of nitrogen functional groups attached to an aromatic ring is 1. The molecule has 8 nitrogen and oxygen atoms in total. The summed E-state index contributed by atoms with van der Waals surface area (Å²) in [6.45, 7) is 5.99. The van der Waals surface area contributed by atoms with Crippen LogP contribution in [0, 0.1) is 11.5 Å². The SMILES string of the molecule is C[Si](C)(C)C#Cc1cn([C@@H]2O[C@H](CO)[C@@H](O)[C@H]2O)c2ncnc(N)c12. The van der Waals surface area contributed by atoms with Crippen LogP contribution in [0.2, 0.25) is 19.6 Å². The van der Waals surface area contributed by atoms with E-state index in [1.807, 2.05) is 0 Å². The van der Waals surface area contributed by atoms with Gasteiger partial charge in [0.1, 0.15) is 44.2 Å². The number of aromatic nitrogens is 3. The minimum Gasteiger partial charge on any atom is -0.394 e. The van der Waals surface area contributed by atoms with Crippen LogP contribution >= 0.6 is 0 Å². The number of ether oxygens (including phenoxy) is 1. The Kier molecular flexibility index (Phi) is 4.57. The van der Waals surface area contributed by atoms with Crippen LogP contribution < -0.4 is 5.73 Å². The standard InChI is InChI=1S/C16H22N4O4Si/c1-25(2,3)5-4-9-6-20(15-11(9)14(17)18-8-19-15)16-13(23)12(22)10(7-21)24-16/h6,8,10,12-13,16,21-23H,7H2,1-3H3,(H2,17,18,19)/t10-,12-,13-,16-/m1/s1. The normalized spacial score (nSPS) is 26.6. The van der Waals surface area contributed by atoms with Gasteiger partial charge >= 0.3 is 0 Å². The maximum Gasteiger partial charge on any atom is 0.164 e. The smallest absolute Gasteiger partial charge is 0.164 e. The van der Waals surface area contributed by atoms with E-state index in [4.69, 9.17) is 10.5 Å². The number of nitrogens with zero attached hydrogens (tertiary/aromatic N) is 3. The number of aliphatic hydroxyl groups excluding tert-OH is 3. The van der Waals surface area contributed by atoms with Crippen molar-refractivity contribution in [1.82, 2.24) is 14.5 Å². The van der Waals surface area contributed by atoms with E-state index in [0.29, 0.717) is 16.6 Å². The van der Waals surface area contributed by atoms with Crippen LogP contribution in [0.3, 0.4) is 0 Å². The molecule has 134 valence electrons. The predicted octanol–water partition coefficient (Wildman–Crippen LogP) is -0.146. The molecule has 0 amide bonds. The predicted molar refractivity (Wildman–Crippen MR) is 95.2 cm³/mol. The molecule has 2 aromatic rings. The van der Waals surface area contributed by atoms with Gasteiger partial charge in [-0.15, -0.1) is 5.54 Å². The summed E-state index contributed by atoms with van der Waals surface area (Å²) >= 11 is 0. The largest absolute Gasteiger partial charge is 0.394 e. The summed E-state index contributed by atoms with van der Waals surface area (Å²) in [5.41, 5.74) is 10.4. The fourth-order valence-electron chi connectivity index (χ4n) is 2.76. The van der Waals surface area contributed by atoms with E-state index in [1.54, 1.807) is 10.8 Å². The highest BCUT2D eigenvalue weighted by Gasteiger charge is 2.44. The van der Waals surface area contributed by atoms with Gasteiger partial charge in [0.25, 0.3) is 0 Å². The molecule has 0 saturated carbocycles. The molecule has 0 radical (unpaired) electrons. The van der Waals surface area contributed by atoms with Crippen LogP contribution in [0.5, 0.6) is 0 Å². The van der Waals surface area contributed by atoms with E-state index in [2.05, 4.69) is 41.1 Å². The van der Waals surface area contributed by atoms with Crippen LogP contribution in [0.1, 0.15) is 11.8 Å². The molecule has 0 aromatic carbocycles. The van der Waals surface area contributed by atoms with Crippen LogP contribution in [-0.4, -0.2) is 62.8 Å². The molecular weight excluding hydrogens is 340 g/mol. The Morgan fingerprint density at radius 3 is 2.60 bits per heavy atom. The first-order valence-corrected chi connectivity index (χ1v) is 11.5. The number of hydrogen-bond acceptors (Lipinski definition) is 7. The lowest BCUT2D eigenvalue weighted by atomic mass is 10.1. The van der Waals surface area contributed by atoms with Gasteiger partial charge in [0.2, 0.25) is 0 Å². The summed E-state index contributed by atoms with van der Waals surface area (Å²) in [5, 5.41) is 30.2. The zero-order valence-electron chi connectivity index (χ0n) is 14.3. The molecule has 0 bridgehead atoms. The molecule has 4 atom stereocenters. The molecule has 3 heterocycles. The topological polar surface area (TPSA) is 127 Å². The van der Waals surface area contributed by atoms with Crippen LogP contribution in [-0.2, 0) is 4.74 Å². The van der Waals surface area contributed by atoms with E-state index < -0.39 is 39.2 Å². The van der Waals surface area contributed by atoms with E-state index in [0.717, 1.165) is 0 Å². The van der Waals surface area contributed by atoms with Gasteiger partial charge in [0.05, 0.1) is 17.6 Å². The molecule has 0 aliphatic carbocycles. The lowest BCUT2D eigenvalue weighted by Gasteiger charge is -2.17. The van der Waals surface area contributed by atoms with Gasteiger partial charge in [-0.05, 0) is 0 Å². The number of rotatable bonds is 2. The van der Waals surface area contributed by atoms with E-state index in [9.17, 15) is 15.3 Å². The summed E-state index contributed by atoms with van der Waals surface area (Å²) in [6, 6.07) is 0. The van der Waals surface area contributed by atoms with Gasteiger partial charge in [-0.1, -0.05) is 25.6 Å². The van der Waals surface area contributed by atoms with E-state index in [1.165, 1.54) is 6.33 Å². The van der Waals surface area contributed by atoms with Crippen molar-refractivity contribution in [2.75, 3.05) is 12.3 Å². The summed E-state index contributed by atoms with van der Waals surface area (Å²) in [6.07, 6.45) is -1.14. The van der Waals surface area contributed by atoms with Gasteiger partial charge in [-0.3, -0.25) is 0 Å². The second-order valence-electron chi connectivity index (χ2n) is 7.14. The maximum absolute atomic E-state index is 10.3. The third-order valence-electron chi connectivity index (χ3n) is 4.00. The first-order chi connectivity index (χ1) is 11.7. The number of aliphatic hydroxyl groups is 3. The van der Waals surface area contributed by atoms with Crippen molar-refractivity contribution >= 4 is 24.9 Å². The number of nitrogens with two attached hydrogens (primary N) is 1. The Morgan fingerprint density at radius 2 is 2.00 bits per heavy atom. The second kappa shape index (κ2) is 6.40. The summed E-state index contributed by atoms with van der Waals surface area (Å²) in [5.74, 6) is 3.43. The minimum absolute atomic E-state index is 0.287. The maximum atomic E-state index is 10.3. The first-order valence-electron chi connectivity index (χ1n) is 7.99. The average Bonchev–Trinajstić information content (AvgIpc) is 3.05. The molecule has 5 N–H and O–H groups in total. The first kappa shape index (κ1) is 17.8. The quantitative estimate of drug-likeness (QED) is 0.432. The lowest BCUT2D eigenvalue weighted by Crippen LogP contribution is -2.33. The zero-order valence-corrected chi connectivity index (χ0v) is 15.3. The Bertz CT molecular complexity index is 851. The molecule has 0 spiro atoms. The average molecular weight is 362 g/mol. The van der Waals surface area contributed by atoms with Gasteiger partial charge in [-0.25, -0.2) is 9.97 Å². The van der Waals surface area contributed by atoms with Gasteiger partial charge in [0, 0.05) is 6.20 Å². The summed E-state index contributed by atoms with van der Waals surface area (Å²) in [7, 11) is -1.61. The summed E-state index contributed by atoms with van der Waals surface area (Å²) in [4.78, 5) is 8.26. The fraction of sp³-hybridized carbons (Fsp3) is 0.500. The lowest BCUT2D eigenvalue weighted by molar-refractivity contribution is -0.0508. The second-order valence-corrected chi connectivity index (χ2v) is 11.9. The molecule has 0 unspecified atom stereocenters. The Labute approximate surface area is 146 Å². The van der Waals surface area contributed by atoms with Crippen LogP contribution in [0.4, 0.5) is 5.82 Å². The monoisotopic (exact) mass is 362 g/mol. The van der Waals surface area contributed by atoms with Gasteiger partial charge in [-0.2, -0.15) is 0 Å². The molecule has 3 rings (SSSR count). The van der Waals surface area contributed by atoms with Crippen molar-refractivity contribution in [1.29, 1.82) is 0 Å². The van der Waals surface area contributed by atoms with E-state index in [-0.39, 0.29) is 5.82 Å². The highest BCUT2D eigenvalue weighted by Crippen LogP contribution is 2.34. The highest BCUT2D eigenvalue weighted by atomic mass is 28.3. The molecule has 1 aliphatic rings. The van der Waals surface area contributed by atoms with Crippen molar-refractivity contribution in [2.45, 2.75) is 44.2 Å². The number of fused-ring (bicyclic) bond motifs is 1. The van der Waals surface area contributed by atoms with Crippen LogP contribution in [0.25, 0.3) is 11.0 Å². The van der Waals surface area contributed by atoms with Crippen molar-refractivity contribution < 1.29 is 20.1 Å². The van der Waals surface area contributed by atoms with Gasteiger partial charge in [0.15, 0.2) is 6.23 Å². The molecule has 25 heavy (non-hydrogen) atoms. The molecule has 1 aliphatic heterocycles. The highest BCUT2D eigenvalue weighted by molar-refractivity contribution is 6.83. The molecule has 1 saturated heterocycles. The number of anilines is 1. The zero-order chi connectivity index (χ0) is 18.4. The Hall–Kier alpha value is -1.96. The van der Waals surface area contributed by atoms with Crippen molar-refractivity contribution in [3.63, 3.8) is 0 Å². The Balaban J connectivity index is 2.14. The Morgan fingerprint density at radius 1 is 1.28 bits per heavy atom. The minimum atomic E-state index is -1.61. The fourth-order valence-corrected chi connectivity index (χ4v) is 3.27.